The second-order valence-corrected chi connectivity index (χ2v) is 5.56. The first-order valence-electron chi connectivity index (χ1n) is 7.37. The number of amides is 1. The Morgan fingerprint density at radius 1 is 1.25 bits per heavy atom. The summed E-state index contributed by atoms with van der Waals surface area (Å²) in [7, 11) is 1.79. The van der Waals surface area contributed by atoms with Gasteiger partial charge >= 0.3 is 0 Å². The van der Waals surface area contributed by atoms with Crippen molar-refractivity contribution in [3.8, 4) is 0 Å². The van der Waals surface area contributed by atoms with Crippen molar-refractivity contribution in [2.75, 3.05) is 18.9 Å². The van der Waals surface area contributed by atoms with Crippen LogP contribution in [-0.4, -0.2) is 33.8 Å². The number of carbonyl (C=O) groups excluding carboxylic acids is 1. The van der Waals surface area contributed by atoms with Crippen LogP contribution in [0, 0.1) is 11.6 Å². The molecule has 1 amide bonds. The van der Waals surface area contributed by atoms with Gasteiger partial charge in [0.2, 0.25) is 5.91 Å². The van der Waals surface area contributed by atoms with Crippen molar-refractivity contribution >= 4 is 17.2 Å². The summed E-state index contributed by atoms with van der Waals surface area (Å²) in [6.45, 7) is 0.592. The molecule has 7 heteroatoms. The molecular weight excluding hydrogens is 314 g/mol. The van der Waals surface area contributed by atoms with Gasteiger partial charge in [-0.1, -0.05) is 6.07 Å². The van der Waals surface area contributed by atoms with Crippen LogP contribution in [-0.2, 0) is 11.3 Å². The normalized spacial score (nSPS) is 11.2. The number of likely N-dealkylation sites (N-methyl/N-ethyl adjacent to an activating group) is 1. The number of nitrogens with zero attached hydrogens (tertiary/aromatic N) is 3. The lowest BCUT2D eigenvalue weighted by molar-refractivity contribution is -0.117. The van der Waals surface area contributed by atoms with Crippen LogP contribution < -0.4 is 5.32 Å². The Balaban J connectivity index is 1.62. The minimum Gasteiger partial charge on any atom is -0.325 e. The molecule has 0 aliphatic heterocycles. The van der Waals surface area contributed by atoms with Crippen LogP contribution in [0.25, 0.3) is 5.65 Å². The lowest BCUT2D eigenvalue weighted by Gasteiger charge is -2.16. The van der Waals surface area contributed by atoms with Gasteiger partial charge in [0.1, 0.15) is 17.3 Å². The molecule has 0 aliphatic carbocycles. The summed E-state index contributed by atoms with van der Waals surface area (Å²) < 4.78 is 28.2. The van der Waals surface area contributed by atoms with Crippen molar-refractivity contribution in [2.24, 2.45) is 0 Å². The lowest BCUT2D eigenvalue weighted by atomic mass is 10.3. The van der Waals surface area contributed by atoms with Crippen molar-refractivity contribution in [3.63, 3.8) is 0 Å². The number of pyridine rings is 1. The number of hydrogen-bond acceptors (Lipinski definition) is 3. The highest BCUT2D eigenvalue weighted by atomic mass is 19.1. The summed E-state index contributed by atoms with van der Waals surface area (Å²) in [6.07, 6.45) is 3.66. The van der Waals surface area contributed by atoms with Crippen LogP contribution in [0.3, 0.4) is 0 Å². The summed E-state index contributed by atoms with van der Waals surface area (Å²) in [5.41, 5.74) is 1.87. The molecule has 2 heterocycles. The minimum atomic E-state index is -0.732. The van der Waals surface area contributed by atoms with E-state index >= 15 is 0 Å². The summed E-state index contributed by atoms with van der Waals surface area (Å²) in [5, 5.41) is 2.49. The molecule has 3 aromatic rings. The Labute approximate surface area is 137 Å². The van der Waals surface area contributed by atoms with E-state index in [0.29, 0.717) is 6.54 Å². The number of fused-ring (bicyclic) bond motifs is 1. The fraction of sp³-hybridized carbons (Fsp3) is 0.176. The van der Waals surface area contributed by atoms with Crippen molar-refractivity contribution in [1.29, 1.82) is 0 Å². The van der Waals surface area contributed by atoms with Gasteiger partial charge in [0.05, 0.1) is 18.4 Å². The summed E-state index contributed by atoms with van der Waals surface area (Å²) in [4.78, 5) is 18.1. The van der Waals surface area contributed by atoms with Crippen LogP contribution >= 0.6 is 0 Å². The quantitative estimate of drug-likeness (QED) is 0.782. The highest BCUT2D eigenvalue weighted by molar-refractivity contribution is 5.92. The van der Waals surface area contributed by atoms with Gasteiger partial charge in [0, 0.05) is 24.5 Å². The van der Waals surface area contributed by atoms with E-state index in [-0.39, 0.29) is 18.1 Å². The molecule has 0 bridgehead atoms. The SMILES string of the molecule is CN(CC(=O)Nc1cc(F)cc(F)c1)Cc1cnc2ccccn12. The van der Waals surface area contributed by atoms with Crippen LogP contribution in [0.1, 0.15) is 5.69 Å². The molecule has 0 saturated heterocycles. The predicted molar refractivity (Wildman–Crippen MR) is 86.5 cm³/mol. The molecule has 0 radical (unpaired) electrons. The van der Waals surface area contributed by atoms with Gasteiger partial charge in [0.15, 0.2) is 0 Å². The molecular formula is C17H16F2N4O. The van der Waals surface area contributed by atoms with E-state index in [1.807, 2.05) is 28.8 Å². The average Bonchev–Trinajstić information content (AvgIpc) is 2.89. The van der Waals surface area contributed by atoms with E-state index < -0.39 is 11.6 Å². The van der Waals surface area contributed by atoms with E-state index in [2.05, 4.69) is 10.3 Å². The molecule has 0 fully saturated rings. The third-order valence-electron chi connectivity index (χ3n) is 3.49. The monoisotopic (exact) mass is 330 g/mol. The Morgan fingerprint density at radius 3 is 2.75 bits per heavy atom. The predicted octanol–water partition coefficient (Wildman–Crippen LogP) is 2.68. The maximum Gasteiger partial charge on any atom is 0.238 e. The van der Waals surface area contributed by atoms with Gasteiger partial charge < -0.3 is 9.72 Å². The Morgan fingerprint density at radius 2 is 2.00 bits per heavy atom. The number of benzene rings is 1. The van der Waals surface area contributed by atoms with Crippen molar-refractivity contribution in [2.45, 2.75) is 6.54 Å². The number of nitrogens with one attached hydrogen (secondary N) is 1. The molecule has 1 N–H and O–H groups in total. The highest BCUT2D eigenvalue weighted by Gasteiger charge is 2.11. The maximum absolute atomic E-state index is 13.1. The number of carbonyl (C=O) groups is 1. The van der Waals surface area contributed by atoms with Gasteiger partial charge in [-0.2, -0.15) is 0 Å². The molecule has 24 heavy (non-hydrogen) atoms. The minimum absolute atomic E-state index is 0.0815. The Hall–Kier alpha value is -2.80. The van der Waals surface area contributed by atoms with Crippen LogP contribution in [0.5, 0.6) is 0 Å². The van der Waals surface area contributed by atoms with Gasteiger partial charge in [-0.15, -0.1) is 0 Å². The van der Waals surface area contributed by atoms with Crippen LogP contribution in [0.2, 0.25) is 0 Å². The van der Waals surface area contributed by atoms with Gasteiger partial charge in [-0.3, -0.25) is 9.69 Å². The number of imidazole rings is 1. The largest absolute Gasteiger partial charge is 0.325 e. The van der Waals surface area contributed by atoms with E-state index in [1.54, 1.807) is 18.1 Å². The zero-order valence-electron chi connectivity index (χ0n) is 13.0. The summed E-state index contributed by atoms with van der Waals surface area (Å²) in [5.74, 6) is -1.81. The zero-order valence-corrected chi connectivity index (χ0v) is 13.0. The molecule has 2 aromatic heterocycles. The second kappa shape index (κ2) is 6.76. The summed E-state index contributed by atoms with van der Waals surface area (Å²) >= 11 is 0. The molecule has 0 aliphatic rings. The molecule has 3 rings (SSSR count). The van der Waals surface area contributed by atoms with Gasteiger partial charge in [0.25, 0.3) is 0 Å². The van der Waals surface area contributed by atoms with Crippen LogP contribution in [0.15, 0.2) is 48.8 Å². The average molecular weight is 330 g/mol. The first-order valence-corrected chi connectivity index (χ1v) is 7.37. The number of halogens is 2. The van der Waals surface area contributed by atoms with Crippen molar-refractivity contribution in [1.82, 2.24) is 14.3 Å². The molecule has 1 aromatic carbocycles. The molecule has 0 saturated carbocycles. The maximum atomic E-state index is 13.1. The molecule has 0 atom stereocenters. The fourth-order valence-corrected chi connectivity index (χ4v) is 2.51. The van der Waals surface area contributed by atoms with E-state index in [0.717, 1.165) is 29.5 Å². The topological polar surface area (TPSA) is 49.6 Å². The van der Waals surface area contributed by atoms with Gasteiger partial charge in [-0.05, 0) is 31.3 Å². The standard InChI is InChI=1S/C17H16F2N4O/c1-22(10-15-9-20-16-4-2-3-5-23(15)16)11-17(24)21-14-7-12(18)6-13(19)8-14/h2-9H,10-11H2,1H3,(H,21,24). The molecule has 0 spiro atoms. The fourth-order valence-electron chi connectivity index (χ4n) is 2.51. The van der Waals surface area contributed by atoms with E-state index in [4.69, 9.17) is 0 Å². The molecule has 5 nitrogen and oxygen atoms in total. The number of hydrogen-bond donors (Lipinski definition) is 1. The van der Waals surface area contributed by atoms with Gasteiger partial charge in [-0.25, -0.2) is 13.8 Å². The highest BCUT2D eigenvalue weighted by Crippen LogP contribution is 2.13. The lowest BCUT2D eigenvalue weighted by Crippen LogP contribution is -2.30. The molecule has 124 valence electrons. The first kappa shape index (κ1) is 16.1. The first-order chi connectivity index (χ1) is 11.5. The third kappa shape index (κ3) is 3.75. The van der Waals surface area contributed by atoms with E-state index in [1.165, 1.54) is 0 Å². The Kier molecular flexibility index (Phi) is 4.52. The Bertz CT molecular complexity index is 858. The smallest absolute Gasteiger partial charge is 0.238 e. The molecule has 0 unspecified atom stereocenters. The van der Waals surface area contributed by atoms with Crippen molar-refractivity contribution in [3.05, 3.63) is 66.1 Å². The number of rotatable bonds is 5. The van der Waals surface area contributed by atoms with Crippen LogP contribution in [0.4, 0.5) is 14.5 Å². The number of aromatic nitrogens is 2. The van der Waals surface area contributed by atoms with Crippen molar-refractivity contribution < 1.29 is 13.6 Å². The zero-order chi connectivity index (χ0) is 17.1. The van der Waals surface area contributed by atoms with E-state index in [9.17, 15) is 13.6 Å². The third-order valence-corrected chi connectivity index (χ3v) is 3.49. The summed E-state index contributed by atoms with van der Waals surface area (Å²) in [6, 6.07) is 8.61. The second-order valence-electron chi connectivity index (χ2n) is 5.56. The number of anilines is 1.